The first-order valence-electron chi connectivity index (χ1n) is 7.27. The van der Waals surface area contributed by atoms with Gasteiger partial charge in [-0.15, -0.1) is 0 Å². The van der Waals surface area contributed by atoms with E-state index in [9.17, 15) is 19.5 Å². The topological polar surface area (TPSA) is 92.7 Å². The second-order valence-electron chi connectivity index (χ2n) is 5.23. The van der Waals surface area contributed by atoms with Gasteiger partial charge in [0.1, 0.15) is 6.54 Å². The number of aliphatic carboxylic acids is 1. The van der Waals surface area contributed by atoms with E-state index in [1.807, 2.05) is 0 Å². The molecule has 2 rings (SSSR count). The van der Waals surface area contributed by atoms with Crippen LogP contribution in [0.1, 0.15) is 22.8 Å². The number of nitrogens with one attached hydrogen (secondary N) is 1. The first kappa shape index (κ1) is 17.2. The molecular formula is C18H17NO5. The van der Waals surface area contributed by atoms with Gasteiger partial charge in [0.05, 0.1) is 0 Å². The van der Waals surface area contributed by atoms with Gasteiger partial charge in [-0.25, -0.2) is 4.79 Å². The van der Waals surface area contributed by atoms with Crippen molar-refractivity contribution in [3.05, 3.63) is 71.8 Å². The minimum Gasteiger partial charge on any atom is -0.478 e. The molecule has 0 radical (unpaired) electrons. The van der Waals surface area contributed by atoms with E-state index in [1.54, 1.807) is 60.7 Å². The van der Waals surface area contributed by atoms with Gasteiger partial charge < -0.3 is 15.2 Å². The normalized spacial score (nSPS) is 12.7. The lowest BCUT2D eigenvalue weighted by molar-refractivity contribution is -0.177. The van der Waals surface area contributed by atoms with Gasteiger partial charge in [0.25, 0.3) is 5.91 Å². The van der Waals surface area contributed by atoms with E-state index in [0.29, 0.717) is 11.1 Å². The molecule has 0 spiro atoms. The van der Waals surface area contributed by atoms with Gasteiger partial charge >= 0.3 is 11.9 Å². The van der Waals surface area contributed by atoms with Crippen molar-refractivity contribution in [3.63, 3.8) is 0 Å². The molecule has 2 aromatic rings. The number of carbonyl (C=O) groups is 3. The van der Waals surface area contributed by atoms with Crippen LogP contribution in [0.3, 0.4) is 0 Å². The fraction of sp³-hybridized carbons (Fsp3) is 0.167. The maximum Gasteiger partial charge on any atom is 0.352 e. The first-order valence-corrected chi connectivity index (χ1v) is 7.27. The molecule has 0 aliphatic rings. The van der Waals surface area contributed by atoms with Crippen LogP contribution in [-0.4, -0.2) is 29.5 Å². The van der Waals surface area contributed by atoms with Crippen molar-refractivity contribution in [1.82, 2.24) is 5.32 Å². The van der Waals surface area contributed by atoms with Crippen molar-refractivity contribution in [2.45, 2.75) is 12.5 Å². The second kappa shape index (κ2) is 7.41. The number of carbonyl (C=O) groups excluding carboxylic acids is 2. The van der Waals surface area contributed by atoms with E-state index in [0.717, 1.165) is 0 Å². The lowest BCUT2D eigenvalue weighted by atomic mass is 9.96. The summed E-state index contributed by atoms with van der Waals surface area (Å²) in [5.74, 6) is -2.58. The standard InChI is InChI=1S/C18H17NO5/c1-18(17(22)23,14-10-6-3-7-11-14)24-15(20)12-19-16(21)13-8-4-2-5-9-13/h2-11H,12H2,1H3,(H,19,21)(H,22,23)/t18-/m1/s1. The Bertz CT molecular complexity index is 730. The molecule has 124 valence electrons. The van der Waals surface area contributed by atoms with E-state index >= 15 is 0 Å². The molecule has 0 bridgehead atoms. The van der Waals surface area contributed by atoms with Gasteiger partial charge in [0, 0.05) is 11.1 Å². The molecule has 0 aromatic heterocycles. The van der Waals surface area contributed by atoms with Gasteiger partial charge in [-0.2, -0.15) is 0 Å². The van der Waals surface area contributed by atoms with Crippen LogP contribution >= 0.6 is 0 Å². The van der Waals surface area contributed by atoms with E-state index < -0.39 is 30.0 Å². The number of hydrogen-bond donors (Lipinski definition) is 2. The van der Waals surface area contributed by atoms with Crippen LogP contribution in [0.25, 0.3) is 0 Å². The molecule has 24 heavy (non-hydrogen) atoms. The van der Waals surface area contributed by atoms with E-state index in [-0.39, 0.29) is 0 Å². The third-order valence-corrected chi connectivity index (χ3v) is 3.48. The molecule has 0 aliphatic carbocycles. The highest BCUT2D eigenvalue weighted by atomic mass is 16.6. The Hall–Kier alpha value is -3.15. The van der Waals surface area contributed by atoms with Crippen LogP contribution in [0.5, 0.6) is 0 Å². The van der Waals surface area contributed by atoms with Crippen LogP contribution in [0, 0.1) is 0 Å². The van der Waals surface area contributed by atoms with Gasteiger partial charge in [-0.05, 0) is 19.1 Å². The summed E-state index contributed by atoms with van der Waals surface area (Å²) in [5, 5.41) is 11.8. The Morgan fingerprint density at radius 1 is 1.00 bits per heavy atom. The Morgan fingerprint density at radius 2 is 1.54 bits per heavy atom. The lowest BCUT2D eigenvalue weighted by Crippen LogP contribution is -2.41. The van der Waals surface area contributed by atoms with Gasteiger partial charge in [0.15, 0.2) is 0 Å². The molecule has 0 fully saturated rings. The van der Waals surface area contributed by atoms with Crippen LogP contribution < -0.4 is 5.32 Å². The summed E-state index contributed by atoms with van der Waals surface area (Å²) in [6.45, 7) is 0.866. The number of hydrogen-bond acceptors (Lipinski definition) is 4. The molecule has 0 unspecified atom stereocenters. The number of ether oxygens (including phenoxy) is 1. The zero-order valence-corrected chi connectivity index (χ0v) is 13.1. The molecule has 1 atom stereocenters. The van der Waals surface area contributed by atoms with E-state index in [4.69, 9.17) is 4.74 Å². The number of rotatable bonds is 6. The highest BCUT2D eigenvalue weighted by molar-refractivity contribution is 5.96. The average molecular weight is 327 g/mol. The van der Waals surface area contributed by atoms with Crippen LogP contribution in [0.4, 0.5) is 0 Å². The summed E-state index contributed by atoms with van der Waals surface area (Å²) in [6.07, 6.45) is 0. The third-order valence-electron chi connectivity index (χ3n) is 3.48. The van der Waals surface area contributed by atoms with Gasteiger partial charge in [0.2, 0.25) is 5.60 Å². The molecule has 2 aromatic carbocycles. The minimum atomic E-state index is -1.82. The summed E-state index contributed by atoms with van der Waals surface area (Å²) >= 11 is 0. The molecule has 0 saturated heterocycles. The quantitative estimate of drug-likeness (QED) is 0.791. The van der Waals surface area contributed by atoms with E-state index in [2.05, 4.69) is 5.32 Å². The molecule has 6 nitrogen and oxygen atoms in total. The van der Waals surface area contributed by atoms with Crippen LogP contribution in [-0.2, 0) is 19.9 Å². The maximum atomic E-state index is 12.0. The maximum absolute atomic E-state index is 12.0. The van der Waals surface area contributed by atoms with Gasteiger partial charge in [-0.3, -0.25) is 9.59 Å². The number of carboxylic acid groups (broad SMARTS) is 1. The Balaban J connectivity index is 2.02. The minimum absolute atomic E-state index is 0.334. The summed E-state index contributed by atoms with van der Waals surface area (Å²) in [5.41, 5.74) is -1.09. The summed E-state index contributed by atoms with van der Waals surface area (Å²) in [7, 11) is 0. The molecule has 0 heterocycles. The fourth-order valence-electron chi connectivity index (χ4n) is 2.09. The highest BCUT2D eigenvalue weighted by Gasteiger charge is 2.39. The van der Waals surface area contributed by atoms with Crippen molar-refractivity contribution in [3.8, 4) is 0 Å². The molecule has 1 amide bonds. The molecule has 6 heteroatoms. The molecule has 0 saturated carbocycles. The average Bonchev–Trinajstić information content (AvgIpc) is 2.61. The zero-order valence-electron chi connectivity index (χ0n) is 13.1. The van der Waals surface area contributed by atoms with Crippen molar-refractivity contribution in [2.75, 3.05) is 6.54 Å². The number of amides is 1. The summed E-state index contributed by atoms with van der Waals surface area (Å²) in [4.78, 5) is 35.4. The fourth-order valence-corrected chi connectivity index (χ4v) is 2.09. The highest BCUT2D eigenvalue weighted by Crippen LogP contribution is 2.25. The van der Waals surface area contributed by atoms with Crippen molar-refractivity contribution in [1.29, 1.82) is 0 Å². The molecule has 2 N–H and O–H groups in total. The molecular weight excluding hydrogens is 310 g/mol. The third kappa shape index (κ3) is 3.98. The Morgan fingerprint density at radius 3 is 2.08 bits per heavy atom. The summed E-state index contributed by atoms with van der Waals surface area (Å²) in [6, 6.07) is 16.5. The molecule has 0 aliphatic heterocycles. The Labute approximate surface area is 139 Å². The lowest BCUT2D eigenvalue weighted by Gasteiger charge is -2.25. The van der Waals surface area contributed by atoms with Crippen molar-refractivity contribution in [2.24, 2.45) is 0 Å². The number of carboxylic acids is 1. The monoisotopic (exact) mass is 327 g/mol. The first-order chi connectivity index (χ1) is 11.4. The smallest absolute Gasteiger partial charge is 0.352 e. The number of esters is 1. The van der Waals surface area contributed by atoms with Gasteiger partial charge in [-0.1, -0.05) is 48.5 Å². The Kier molecular flexibility index (Phi) is 5.31. The van der Waals surface area contributed by atoms with Crippen molar-refractivity contribution >= 4 is 17.8 Å². The summed E-state index contributed by atoms with van der Waals surface area (Å²) < 4.78 is 5.12. The predicted molar refractivity (Wildman–Crippen MR) is 86.3 cm³/mol. The van der Waals surface area contributed by atoms with E-state index in [1.165, 1.54) is 6.92 Å². The predicted octanol–water partition coefficient (Wildman–Crippen LogP) is 1.96. The van der Waals surface area contributed by atoms with Crippen molar-refractivity contribution < 1.29 is 24.2 Å². The largest absolute Gasteiger partial charge is 0.478 e. The zero-order chi connectivity index (χ0) is 17.6. The number of benzene rings is 2. The second-order valence-corrected chi connectivity index (χ2v) is 5.23. The SMILES string of the molecule is C[C@](OC(=O)CNC(=O)c1ccccc1)(C(=O)O)c1ccccc1. The van der Waals surface area contributed by atoms with Crippen LogP contribution in [0.2, 0.25) is 0 Å². The van der Waals surface area contributed by atoms with Crippen LogP contribution in [0.15, 0.2) is 60.7 Å².